The smallest absolute Gasteiger partial charge is 0.201 e. The molecule has 2 aromatic carbocycles. The van der Waals surface area contributed by atoms with E-state index in [-0.39, 0.29) is 39.3 Å². The number of hydrogen-bond donors (Lipinski definition) is 4. The fourth-order valence-electron chi connectivity index (χ4n) is 3.10. The lowest BCUT2D eigenvalue weighted by molar-refractivity contribution is 0.350. The zero-order valence-electron chi connectivity index (χ0n) is 15.6. The van der Waals surface area contributed by atoms with Crippen LogP contribution in [0.2, 0.25) is 0 Å². The van der Waals surface area contributed by atoms with Gasteiger partial charge in [0.2, 0.25) is 11.2 Å². The summed E-state index contributed by atoms with van der Waals surface area (Å²) in [5.41, 5.74) is -0.660. The van der Waals surface area contributed by atoms with E-state index in [9.17, 15) is 25.2 Å². The average Bonchev–Trinajstić information content (AvgIpc) is 2.64. The minimum atomic E-state index is -0.712. The molecular weight excluding hydrogens is 364 g/mol. The van der Waals surface area contributed by atoms with E-state index in [0.29, 0.717) is 5.56 Å². The van der Waals surface area contributed by atoms with Gasteiger partial charge in [-0.15, -0.1) is 6.58 Å². The zero-order valence-corrected chi connectivity index (χ0v) is 15.6. The van der Waals surface area contributed by atoms with Gasteiger partial charge in [0, 0.05) is 17.0 Å². The van der Waals surface area contributed by atoms with Crippen LogP contribution < -0.4 is 10.2 Å². The van der Waals surface area contributed by atoms with Gasteiger partial charge in [0.15, 0.2) is 22.8 Å². The van der Waals surface area contributed by atoms with E-state index < -0.39 is 22.3 Å². The third-order valence-corrected chi connectivity index (χ3v) is 4.75. The molecule has 0 spiro atoms. The molecule has 0 aliphatic heterocycles. The lowest BCUT2D eigenvalue weighted by Crippen LogP contribution is -2.17. The second-order valence-electron chi connectivity index (χ2n) is 6.95. The normalized spacial score (nSPS) is 11.5. The van der Waals surface area contributed by atoms with Gasteiger partial charge in [-0.2, -0.15) is 0 Å². The number of benzene rings is 2. The Balaban J connectivity index is 2.51. The van der Waals surface area contributed by atoms with Crippen molar-refractivity contribution < 1.29 is 29.6 Å². The van der Waals surface area contributed by atoms with Gasteiger partial charge in [0.25, 0.3) is 0 Å². The predicted octanol–water partition coefficient (Wildman–Crippen LogP) is 3.75. The second kappa shape index (κ2) is 6.53. The quantitative estimate of drug-likeness (QED) is 0.399. The predicted molar refractivity (Wildman–Crippen MR) is 104 cm³/mol. The third-order valence-electron chi connectivity index (χ3n) is 4.75. The van der Waals surface area contributed by atoms with Crippen molar-refractivity contribution in [1.82, 2.24) is 0 Å². The maximum Gasteiger partial charge on any atom is 0.201 e. The average molecular weight is 384 g/mol. The molecule has 3 aromatic rings. The van der Waals surface area contributed by atoms with E-state index in [2.05, 4.69) is 6.58 Å². The molecule has 0 bridgehead atoms. The van der Waals surface area contributed by atoms with Crippen molar-refractivity contribution in [3.63, 3.8) is 0 Å². The molecule has 146 valence electrons. The lowest BCUT2D eigenvalue weighted by atomic mass is 9.79. The van der Waals surface area contributed by atoms with E-state index in [1.807, 2.05) is 13.8 Å². The Morgan fingerprint density at radius 1 is 1.11 bits per heavy atom. The van der Waals surface area contributed by atoms with E-state index in [1.54, 1.807) is 6.08 Å². The summed E-state index contributed by atoms with van der Waals surface area (Å²) in [5, 5.41) is 40.0. The van der Waals surface area contributed by atoms with Crippen molar-refractivity contribution in [1.29, 1.82) is 0 Å². The first kappa shape index (κ1) is 19.2. The van der Waals surface area contributed by atoms with Crippen molar-refractivity contribution >= 4 is 11.0 Å². The Hall–Kier alpha value is -3.61. The summed E-state index contributed by atoms with van der Waals surface area (Å²) in [6, 6.07) is 3.57. The Labute approximate surface area is 160 Å². The van der Waals surface area contributed by atoms with Crippen LogP contribution in [0.3, 0.4) is 0 Å². The number of ether oxygens (including phenoxy) is 1. The summed E-state index contributed by atoms with van der Waals surface area (Å²) in [6.07, 6.45) is 2.76. The molecule has 7 heteroatoms. The molecule has 0 amide bonds. The summed E-state index contributed by atoms with van der Waals surface area (Å²) in [4.78, 5) is 13.2. The van der Waals surface area contributed by atoms with E-state index >= 15 is 0 Å². The maximum atomic E-state index is 13.2. The topological polar surface area (TPSA) is 120 Å². The fourth-order valence-corrected chi connectivity index (χ4v) is 3.10. The van der Waals surface area contributed by atoms with Crippen LogP contribution in [0, 0.1) is 0 Å². The Kier molecular flexibility index (Phi) is 4.47. The SMILES string of the molecule is C=CC(C)(C)c1cc(O)c(O)c(OC)c1-c1coc2c(O)cc(O)cc2c1=O. The summed E-state index contributed by atoms with van der Waals surface area (Å²) < 4.78 is 10.7. The zero-order chi connectivity index (χ0) is 20.8. The second-order valence-corrected chi connectivity index (χ2v) is 6.95. The highest BCUT2D eigenvalue weighted by molar-refractivity contribution is 5.89. The van der Waals surface area contributed by atoms with Gasteiger partial charge in [-0.1, -0.05) is 19.9 Å². The molecule has 0 saturated carbocycles. The summed E-state index contributed by atoms with van der Waals surface area (Å²) in [5.74, 6) is -1.74. The largest absolute Gasteiger partial charge is 0.508 e. The number of methoxy groups -OCH3 is 1. The lowest BCUT2D eigenvalue weighted by Gasteiger charge is -2.26. The summed E-state index contributed by atoms with van der Waals surface area (Å²) in [7, 11) is 1.29. The Morgan fingerprint density at radius 3 is 2.39 bits per heavy atom. The third kappa shape index (κ3) is 2.81. The van der Waals surface area contributed by atoms with E-state index in [1.165, 1.54) is 19.2 Å². The van der Waals surface area contributed by atoms with Crippen LogP contribution in [0.1, 0.15) is 19.4 Å². The number of aromatic hydroxyl groups is 4. The highest BCUT2D eigenvalue weighted by Crippen LogP contribution is 2.48. The van der Waals surface area contributed by atoms with Gasteiger partial charge in [-0.05, 0) is 17.7 Å². The van der Waals surface area contributed by atoms with Crippen LogP contribution in [-0.2, 0) is 5.41 Å². The molecule has 0 fully saturated rings. The van der Waals surface area contributed by atoms with Crippen LogP contribution in [0.5, 0.6) is 28.7 Å². The van der Waals surface area contributed by atoms with Crippen molar-refractivity contribution in [2.24, 2.45) is 0 Å². The molecule has 1 heterocycles. The van der Waals surface area contributed by atoms with Gasteiger partial charge in [0.05, 0.1) is 18.1 Å². The molecule has 0 aliphatic carbocycles. The number of phenols is 4. The fraction of sp³-hybridized carbons (Fsp3) is 0.190. The summed E-state index contributed by atoms with van der Waals surface area (Å²) >= 11 is 0. The van der Waals surface area contributed by atoms with E-state index in [0.717, 1.165) is 12.3 Å². The van der Waals surface area contributed by atoms with Gasteiger partial charge in [0.1, 0.15) is 12.0 Å². The number of fused-ring (bicyclic) bond motifs is 1. The molecule has 0 atom stereocenters. The minimum absolute atomic E-state index is 0.0228. The highest BCUT2D eigenvalue weighted by Gasteiger charge is 2.30. The number of phenolic OH excluding ortho intramolecular Hbond substituents is 4. The number of hydrogen-bond acceptors (Lipinski definition) is 7. The van der Waals surface area contributed by atoms with Gasteiger partial charge < -0.3 is 29.6 Å². The Morgan fingerprint density at radius 2 is 1.79 bits per heavy atom. The molecule has 4 N–H and O–H groups in total. The van der Waals surface area contributed by atoms with Crippen molar-refractivity contribution in [3.8, 4) is 39.9 Å². The van der Waals surface area contributed by atoms with Crippen LogP contribution in [-0.4, -0.2) is 27.5 Å². The van der Waals surface area contributed by atoms with Gasteiger partial charge in [-0.25, -0.2) is 0 Å². The van der Waals surface area contributed by atoms with Gasteiger partial charge >= 0.3 is 0 Å². The molecular formula is C21H20O7. The number of allylic oxidation sites excluding steroid dienone is 1. The first-order chi connectivity index (χ1) is 13.1. The van der Waals surface area contributed by atoms with Crippen molar-refractivity contribution in [3.05, 3.63) is 52.9 Å². The van der Waals surface area contributed by atoms with E-state index in [4.69, 9.17) is 9.15 Å². The first-order valence-corrected chi connectivity index (χ1v) is 8.37. The molecule has 3 rings (SSSR count). The molecule has 1 aromatic heterocycles. The van der Waals surface area contributed by atoms with Crippen molar-refractivity contribution in [2.45, 2.75) is 19.3 Å². The van der Waals surface area contributed by atoms with Crippen LogP contribution >= 0.6 is 0 Å². The molecule has 28 heavy (non-hydrogen) atoms. The van der Waals surface area contributed by atoms with Crippen LogP contribution in [0.15, 0.2) is 46.3 Å². The monoisotopic (exact) mass is 384 g/mol. The maximum absolute atomic E-state index is 13.2. The molecule has 0 radical (unpaired) electrons. The van der Waals surface area contributed by atoms with Crippen molar-refractivity contribution in [2.75, 3.05) is 7.11 Å². The standard InChI is InChI=1S/C21H20O7/c1-5-21(2,3)13-8-14(23)18(26)20(27-4)16(13)12-9-28-19-11(17(12)25)6-10(22)7-15(19)24/h5-9,22-24,26H,1H2,2-4H3. The molecule has 0 aliphatic rings. The number of rotatable bonds is 4. The van der Waals surface area contributed by atoms with Gasteiger partial charge in [-0.3, -0.25) is 4.79 Å². The molecule has 0 unspecified atom stereocenters. The molecule has 0 saturated heterocycles. The first-order valence-electron chi connectivity index (χ1n) is 8.37. The Bertz CT molecular complexity index is 1160. The van der Waals surface area contributed by atoms with Crippen LogP contribution in [0.25, 0.3) is 22.1 Å². The van der Waals surface area contributed by atoms with Crippen LogP contribution in [0.4, 0.5) is 0 Å². The summed E-state index contributed by atoms with van der Waals surface area (Å²) in [6.45, 7) is 7.42. The minimum Gasteiger partial charge on any atom is -0.508 e. The highest BCUT2D eigenvalue weighted by atomic mass is 16.5. The molecule has 7 nitrogen and oxygen atoms in total.